The van der Waals surface area contributed by atoms with E-state index in [1.54, 1.807) is 0 Å². The maximum absolute atomic E-state index is 12.7. The van der Waals surface area contributed by atoms with E-state index in [9.17, 15) is 18.0 Å². The van der Waals surface area contributed by atoms with Crippen LogP contribution in [0.2, 0.25) is 0 Å². The molecular formula is C19H25N5O4S. The number of sulfonamides is 1. The van der Waals surface area contributed by atoms with Crippen LogP contribution < -0.4 is 15.4 Å². The molecule has 0 aliphatic carbocycles. The van der Waals surface area contributed by atoms with E-state index in [1.165, 1.54) is 13.2 Å². The Kier molecular flexibility index (Phi) is 6.91. The summed E-state index contributed by atoms with van der Waals surface area (Å²) >= 11 is 0. The fourth-order valence-corrected chi connectivity index (χ4v) is 3.79. The molecule has 0 fully saturated rings. The van der Waals surface area contributed by atoms with Crippen molar-refractivity contribution in [1.82, 2.24) is 20.0 Å². The van der Waals surface area contributed by atoms with Gasteiger partial charge in [0.1, 0.15) is 0 Å². The van der Waals surface area contributed by atoms with E-state index in [2.05, 4.69) is 20.6 Å². The maximum Gasteiger partial charge on any atom is 0.333 e. The van der Waals surface area contributed by atoms with Crippen molar-refractivity contribution in [3.63, 3.8) is 0 Å². The Morgan fingerprint density at radius 2 is 1.52 bits per heavy atom. The van der Waals surface area contributed by atoms with Crippen molar-refractivity contribution in [1.29, 1.82) is 0 Å². The number of hydrogen-bond acceptors (Lipinski definition) is 6. The zero-order valence-corrected chi connectivity index (χ0v) is 17.8. The fourth-order valence-electron chi connectivity index (χ4n) is 2.80. The topological polar surface area (TPSA) is 130 Å². The first-order valence-electron chi connectivity index (χ1n) is 9.08. The van der Waals surface area contributed by atoms with Gasteiger partial charge in [-0.25, -0.2) is 19.5 Å². The van der Waals surface area contributed by atoms with E-state index in [1.807, 2.05) is 50.6 Å². The second-order valence-electron chi connectivity index (χ2n) is 6.97. The molecule has 3 N–H and O–H groups in total. The Labute approximate surface area is 170 Å². The molecule has 29 heavy (non-hydrogen) atoms. The molecule has 156 valence electrons. The lowest BCUT2D eigenvalue weighted by Gasteiger charge is -2.20. The zero-order valence-electron chi connectivity index (χ0n) is 17.0. The summed E-state index contributed by atoms with van der Waals surface area (Å²) in [6.45, 7) is 7.92. The first kappa shape index (κ1) is 22.3. The molecule has 3 amide bonds. The summed E-state index contributed by atoms with van der Waals surface area (Å²) in [6, 6.07) is 4.72. The molecule has 2 aromatic rings. The quantitative estimate of drug-likeness (QED) is 0.660. The van der Waals surface area contributed by atoms with Crippen molar-refractivity contribution in [3.05, 3.63) is 47.4 Å². The molecule has 0 saturated heterocycles. The molecule has 0 radical (unpaired) electrons. The largest absolute Gasteiger partial charge is 0.354 e. The summed E-state index contributed by atoms with van der Waals surface area (Å²) < 4.78 is 27.2. The van der Waals surface area contributed by atoms with Crippen molar-refractivity contribution >= 4 is 27.6 Å². The monoisotopic (exact) mass is 419 g/mol. The normalized spacial score (nSPS) is 11.4. The van der Waals surface area contributed by atoms with Crippen LogP contribution in [0.4, 0.5) is 10.5 Å². The zero-order chi connectivity index (χ0) is 21.8. The molecule has 0 aliphatic heterocycles. The van der Waals surface area contributed by atoms with Gasteiger partial charge in [-0.05, 0) is 23.0 Å². The molecule has 0 atom stereocenters. The Morgan fingerprint density at radius 1 is 0.966 bits per heavy atom. The summed E-state index contributed by atoms with van der Waals surface area (Å²) in [4.78, 5) is 31.9. The van der Waals surface area contributed by atoms with E-state index in [0.717, 1.165) is 17.3 Å². The predicted octanol–water partition coefficient (Wildman–Crippen LogP) is 2.59. The molecule has 9 nitrogen and oxygen atoms in total. The van der Waals surface area contributed by atoms with E-state index in [0.29, 0.717) is 5.69 Å². The number of para-hydroxylation sites is 1. The fraction of sp³-hybridized carbons (Fsp3) is 0.368. The smallest absolute Gasteiger partial charge is 0.333 e. The van der Waals surface area contributed by atoms with Crippen LogP contribution in [0.25, 0.3) is 0 Å². The molecule has 2 rings (SSSR count). The van der Waals surface area contributed by atoms with Crippen molar-refractivity contribution in [2.75, 3.05) is 12.4 Å². The molecule has 1 heterocycles. The van der Waals surface area contributed by atoms with Gasteiger partial charge in [-0.3, -0.25) is 4.79 Å². The van der Waals surface area contributed by atoms with Gasteiger partial charge in [0.2, 0.25) is 5.03 Å². The summed E-state index contributed by atoms with van der Waals surface area (Å²) in [5, 5.41) is 4.32. The highest BCUT2D eigenvalue weighted by molar-refractivity contribution is 7.90. The second kappa shape index (κ2) is 8.99. The van der Waals surface area contributed by atoms with Gasteiger partial charge >= 0.3 is 6.03 Å². The Balaban J connectivity index is 2.37. The summed E-state index contributed by atoms with van der Waals surface area (Å²) in [5.74, 6) is -0.507. The van der Waals surface area contributed by atoms with Gasteiger partial charge in [0, 0.05) is 25.1 Å². The van der Waals surface area contributed by atoms with Gasteiger partial charge in [-0.2, -0.15) is 8.42 Å². The molecular weight excluding hydrogens is 394 g/mol. The van der Waals surface area contributed by atoms with Gasteiger partial charge < -0.3 is 10.6 Å². The molecule has 0 aliphatic rings. The molecule has 1 aromatic heterocycles. The van der Waals surface area contributed by atoms with Gasteiger partial charge in [0.05, 0.1) is 0 Å². The highest BCUT2D eigenvalue weighted by atomic mass is 32.2. The number of amides is 3. The number of hydrogen-bond donors (Lipinski definition) is 3. The molecule has 10 heteroatoms. The van der Waals surface area contributed by atoms with E-state index < -0.39 is 32.7 Å². The van der Waals surface area contributed by atoms with Gasteiger partial charge in [0.15, 0.2) is 5.69 Å². The third kappa shape index (κ3) is 5.08. The lowest BCUT2D eigenvalue weighted by Crippen LogP contribution is -2.37. The van der Waals surface area contributed by atoms with Crippen LogP contribution in [0.1, 0.15) is 61.1 Å². The predicted molar refractivity (Wildman–Crippen MR) is 109 cm³/mol. The average molecular weight is 420 g/mol. The SMILES string of the molecule is CNC(=O)c1nccnc1S(=O)(=O)NC(=O)Nc1c(C(C)C)cccc1C(C)C. The van der Waals surface area contributed by atoms with Gasteiger partial charge in [0.25, 0.3) is 15.9 Å². The number of urea groups is 1. The van der Waals surface area contributed by atoms with Crippen LogP contribution in [0.5, 0.6) is 0 Å². The molecule has 0 bridgehead atoms. The highest BCUT2D eigenvalue weighted by Gasteiger charge is 2.27. The Bertz CT molecular complexity index is 993. The number of rotatable bonds is 6. The van der Waals surface area contributed by atoms with Crippen molar-refractivity contribution in [3.8, 4) is 0 Å². The van der Waals surface area contributed by atoms with Crippen LogP contribution >= 0.6 is 0 Å². The van der Waals surface area contributed by atoms with Gasteiger partial charge in [-0.15, -0.1) is 0 Å². The van der Waals surface area contributed by atoms with Crippen LogP contribution in [-0.4, -0.2) is 37.4 Å². The van der Waals surface area contributed by atoms with Crippen LogP contribution in [-0.2, 0) is 10.0 Å². The summed E-state index contributed by atoms with van der Waals surface area (Å²) in [5.41, 5.74) is 1.93. The maximum atomic E-state index is 12.7. The van der Waals surface area contributed by atoms with Crippen molar-refractivity contribution in [2.45, 2.75) is 44.6 Å². The number of carbonyl (C=O) groups is 2. The third-order valence-corrected chi connectivity index (χ3v) is 5.46. The molecule has 0 saturated carbocycles. The Morgan fingerprint density at radius 3 is 2.03 bits per heavy atom. The molecule has 0 unspecified atom stereocenters. The van der Waals surface area contributed by atoms with E-state index in [-0.39, 0.29) is 11.8 Å². The number of anilines is 1. The number of nitrogens with zero attached hydrogens (tertiary/aromatic N) is 2. The lowest BCUT2D eigenvalue weighted by atomic mass is 9.93. The summed E-state index contributed by atoms with van der Waals surface area (Å²) in [6.07, 6.45) is 2.32. The number of aromatic nitrogens is 2. The molecule has 0 spiro atoms. The summed E-state index contributed by atoms with van der Waals surface area (Å²) in [7, 11) is -3.09. The highest BCUT2D eigenvalue weighted by Crippen LogP contribution is 2.32. The third-order valence-electron chi connectivity index (χ3n) is 4.20. The second-order valence-corrected chi connectivity index (χ2v) is 8.57. The number of benzene rings is 1. The number of carbonyl (C=O) groups excluding carboxylic acids is 2. The minimum absolute atomic E-state index is 0.112. The minimum atomic E-state index is -4.43. The van der Waals surface area contributed by atoms with Crippen LogP contribution in [0, 0.1) is 0 Å². The van der Waals surface area contributed by atoms with Crippen molar-refractivity contribution < 1.29 is 18.0 Å². The van der Waals surface area contributed by atoms with E-state index >= 15 is 0 Å². The number of nitrogens with one attached hydrogen (secondary N) is 3. The average Bonchev–Trinajstić information content (AvgIpc) is 2.66. The van der Waals surface area contributed by atoms with E-state index in [4.69, 9.17) is 0 Å². The first-order chi connectivity index (χ1) is 13.6. The molecule has 1 aromatic carbocycles. The van der Waals surface area contributed by atoms with Crippen LogP contribution in [0.15, 0.2) is 35.6 Å². The van der Waals surface area contributed by atoms with Crippen LogP contribution in [0.3, 0.4) is 0 Å². The lowest BCUT2D eigenvalue weighted by molar-refractivity contribution is 0.0953. The minimum Gasteiger partial charge on any atom is -0.354 e. The van der Waals surface area contributed by atoms with Crippen molar-refractivity contribution in [2.24, 2.45) is 0 Å². The van der Waals surface area contributed by atoms with Gasteiger partial charge in [-0.1, -0.05) is 45.9 Å². The standard InChI is InChI=1S/C19H25N5O4S/c1-11(2)13-7-6-8-14(12(3)4)15(13)23-19(26)24-29(27,28)18-16(17(25)20-5)21-9-10-22-18/h6-12H,1-5H3,(H,20,25)(H2,23,24,26). The first-order valence-corrected chi connectivity index (χ1v) is 10.6. The Hall–Kier alpha value is -3.01.